The van der Waals surface area contributed by atoms with Gasteiger partial charge in [-0.15, -0.1) is 0 Å². The van der Waals surface area contributed by atoms with Crippen molar-refractivity contribution in [3.05, 3.63) is 59.2 Å². The molecule has 1 saturated carbocycles. The molecular weight excluding hydrogens is 352 g/mol. The van der Waals surface area contributed by atoms with Gasteiger partial charge in [0.1, 0.15) is 0 Å². The van der Waals surface area contributed by atoms with Crippen LogP contribution in [0.25, 0.3) is 0 Å². The Balaban J connectivity index is 1.66. The van der Waals surface area contributed by atoms with E-state index in [1.165, 1.54) is 4.90 Å². The van der Waals surface area contributed by atoms with E-state index in [1.54, 1.807) is 24.3 Å². The quantitative estimate of drug-likeness (QED) is 0.815. The zero-order valence-electron chi connectivity index (χ0n) is 16.2. The van der Waals surface area contributed by atoms with Gasteiger partial charge in [-0.3, -0.25) is 14.4 Å². The number of amides is 3. The average Bonchev–Trinajstić information content (AvgIpc) is 2.92. The van der Waals surface area contributed by atoms with Crippen molar-refractivity contribution in [2.75, 3.05) is 10.2 Å². The van der Waals surface area contributed by atoms with Crippen LogP contribution >= 0.6 is 0 Å². The molecule has 1 N–H and O–H groups in total. The fourth-order valence-electron chi connectivity index (χ4n) is 4.51. The molecule has 1 aliphatic heterocycles. The number of anilines is 2. The van der Waals surface area contributed by atoms with Gasteiger partial charge in [0.2, 0.25) is 11.8 Å². The van der Waals surface area contributed by atoms with Crippen LogP contribution in [0.4, 0.5) is 11.4 Å². The van der Waals surface area contributed by atoms with E-state index in [2.05, 4.69) is 5.32 Å². The van der Waals surface area contributed by atoms with E-state index >= 15 is 0 Å². The van der Waals surface area contributed by atoms with Crippen molar-refractivity contribution in [3.8, 4) is 0 Å². The first-order valence-corrected chi connectivity index (χ1v) is 9.82. The number of carbonyl (C=O) groups excluding carboxylic acids is 3. The van der Waals surface area contributed by atoms with Gasteiger partial charge in [-0.1, -0.05) is 31.0 Å². The van der Waals surface area contributed by atoms with Gasteiger partial charge in [-0.05, 0) is 62.1 Å². The highest BCUT2D eigenvalue weighted by Gasteiger charge is 2.49. The molecule has 0 unspecified atom stereocenters. The van der Waals surface area contributed by atoms with Crippen LogP contribution in [0.1, 0.15) is 47.2 Å². The SMILES string of the molecule is Cc1cc(C)cc(NC(=O)c2ccccc2N2C(=O)[C@@H]3CCCC[C@H]3C2=O)c1. The zero-order valence-corrected chi connectivity index (χ0v) is 16.2. The number of rotatable bonds is 3. The molecule has 1 heterocycles. The molecule has 1 saturated heterocycles. The number of carbonyl (C=O) groups is 3. The molecule has 2 atom stereocenters. The molecule has 0 aromatic heterocycles. The van der Waals surface area contributed by atoms with Gasteiger partial charge in [-0.25, -0.2) is 4.90 Å². The third-order valence-corrected chi connectivity index (χ3v) is 5.71. The molecule has 3 amide bonds. The van der Waals surface area contributed by atoms with E-state index in [4.69, 9.17) is 0 Å². The van der Waals surface area contributed by atoms with Crippen LogP contribution in [0.3, 0.4) is 0 Å². The molecule has 2 aromatic rings. The lowest BCUT2D eigenvalue weighted by Gasteiger charge is -2.19. The molecule has 4 rings (SSSR count). The molecule has 1 aliphatic carbocycles. The monoisotopic (exact) mass is 376 g/mol. The van der Waals surface area contributed by atoms with Crippen molar-refractivity contribution in [1.29, 1.82) is 0 Å². The number of nitrogens with one attached hydrogen (secondary N) is 1. The van der Waals surface area contributed by atoms with Crippen molar-refractivity contribution in [1.82, 2.24) is 0 Å². The first kappa shape index (κ1) is 18.4. The molecule has 0 spiro atoms. The molecule has 0 bridgehead atoms. The van der Waals surface area contributed by atoms with Crippen molar-refractivity contribution in [2.45, 2.75) is 39.5 Å². The van der Waals surface area contributed by atoms with Crippen LogP contribution in [0.2, 0.25) is 0 Å². The number of hydrogen-bond acceptors (Lipinski definition) is 3. The molecule has 28 heavy (non-hydrogen) atoms. The largest absolute Gasteiger partial charge is 0.322 e. The number of nitrogens with zero attached hydrogens (tertiary/aromatic N) is 1. The number of imide groups is 1. The highest BCUT2D eigenvalue weighted by Crippen LogP contribution is 2.41. The molecule has 5 heteroatoms. The highest BCUT2D eigenvalue weighted by atomic mass is 16.2. The first-order valence-electron chi connectivity index (χ1n) is 9.82. The lowest BCUT2D eigenvalue weighted by Crippen LogP contribution is -2.32. The Bertz CT molecular complexity index is 922. The summed E-state index contributed by atoms with van der Waals surface area (Å²) in [5.74, 6) is -1.13. The van der Waals surface area contributed by atoms with Crippen LogP contribution in [-0.4, -0.2) is 17.7 Å². The number of fused-ring (bicyclic) bond motifs is 1. The molecule has 2 aromatic carbocycles. The predicted octanol–water partition coefficient (Wildman–Crippen LogP) is 4.24. The van der Waals surface area contributed by atoms with Gasteiger partial charge in [0, 0.05) is 5.69 Å². The fourth-order valence-corrected chi connectivity index (χ4v) is 4.51. The average molecular weight is 376 g/mol. The zero-order chi connectivity index (χ0) is 19.8. The molecule has 2 fully saturated rings. The predicted molar refractivity (Wildman–Crippen MR) is 108 cm³/mol. The smallest absolute Gasteiger partial charge is 0.257 e. The Labute approximate surface area is 164 Å². The van der Waals surface area contributed by atoms with Gasteiger partial charge >= 0.3 is 0 Å². The summed E-state index contributed by atoms with van der Waals surface area (Å²) in [7, 11) is 0. The molecule has 5 nitrogen and oxygen atoms in total. The number of para-hydroxylation sites is 1. The Kier molecular flexibility index (Phi) is 4.75. The van der Waals surface area contributed by atoms with Crippen molar-refractivity contribution in [3.63, 3.8) is 0 Å². The Morgan fingerprint density at radius 1 is 0.929 bits per heavy atom. The Morgan fingerprint density at radius 2 is 1.50 bits per heavy atom. The summed E-state index contributed by atoms with van der Waals surface area (Å²) in [5.41, 5.74) is 3.52. The van der Waals surface area contributed by atoms with Crippen LogP contribution in [0.15, 0.2) is 42.5 Å². The molecule has 144 valence electrons. The van der Waals surface area contributed by atoms with Crippen LogP contribution in [0.5, 0.6) is 0 Å². The van der Waals surface area contributed by atoms with E-state index in [9.17, 15) is 14.4 Å². The maximum atomic E-state index is 13.0. The Hall–Kier alpha value is -2.95. The van der Waals surface area contributed by atoms with E-state index < -0.39 is 0 Å². The first-order chi connectivity index (χ1) is 13.5. The van der Waals surface area contributed by atoms with E-state index in [-0.39, 0.29) is 29.6 Å². The third kappa shape index (κ3) is 3.21. The number of hydrogen-bond donors (Lipinski definition) is 1. The second-order valence-electron chi connectivity index (χ2n) is 7.86. The normalized spacial score (nSPS) is 21.6. The second-order valence-corrected chi connectivity index (χ2v) is 7.86. The summed E-state index contributed by atoms with van der Waals surface area (Å²) < 4.78 is 0. The lowest BCUT2D eigenvalue weighted by atomic mass is 9.81. The lowest BCUT2D eigenvalue weighted by molar-refractivity contribution is -0.122. The van der Waals surface area contributed by atoms with E-state index in [0.29, 0.717) is 16.9 Å². The fraction of sp³-hybridized carbons (Fsp3) is 0.348. The topological polar surface area (TPSA) is 66.5 Å². The summed E-state index contributed by atoms with van der Waals surface area (Å²) >= 11 is 0. The maximum Gasteiger partial charge on any atom is 0.257 e. The van der Waals surface area contributed by atoms with E-state index in [1.807, 2.05) is 32.0 Å². The minimum atomic E-state index is -0.323. The summed E-state index contributed by atoms with van der Waals surface area (Å²) in [6.07, 6.45) is 3.46. The van der Waals surface area contributed by atoms with Gasteiger partial charge < -0.3 is 5.32 Å². The number of aryl methyl sites for hydroxylation is 2. The second kappa shape index (κ2) is 7.23. The maximum absolute atomic E-state index is 13.0. The summed E-state index contributed by atoms with van der Waals surface area (Å²) in [4.78, 5) is 40.1. The van der Waals surface area contributed by atoms with Crippen LogP contribution in [0, 0.1) is 25.7 Å². The minimum Gasteiger partial charge on any atom is -0.322 e. The summed E-state index contributed by atoms with van der Waals surface area (Å²) in [6, 6.07) is 12.7. The summed E-state index contributed by atoms with van der Waals surface area (Å²) in [5, 5.41) is 2.91. The van der Waals surface area contributed by atoms with Gasteiger partial charge in [0.05, 0.1) is 23.1 Å². The standard InChI is InChI=1S/C23H24N2O3/c1-14-11-15(2)13-16(12-14)24-21(26)19-9-5-6-10-20(19)25-22(27)17-7-3-4-8-18(17)23(25)28/h5-6,9-13,17-18H,3-4,7-8H2,1-2H3,(H,24,26)/t17-,18-/m1/s1. The van der Waals surface area contributed by atoms with Crippen molar-refractivity contribution >= 4 is 29.1 Å². The van der Waals surface area contributed by atoms with Crippen molar-refractivity contribution < 1.29 is 14.4 Å². The molecule has 0 radical (unpaired) electrons. The Morgan fingerprint density at radius 3 is 2.11 bits per heavy atom. The van der Waals surface area contributed by atoms with Crippen LogP contribution in [-0.2, 0) is 9.59 Å². The van der Waals surface area contributed by atoms with Gasteiger partial charge in [0.15, 0.2) is 0 Å². The van der Waals surface area contributed by atoms with E-state index in [0.717, 1.165) is 36.8 Å². The van der Waals surface area contributed by atoms with Crippen LogP contribution < -0.4 is 10.2 Å². The number of benzene rings is 2. The highest BCUT2D eigenvalue weighted by molar-refractivity contribution is 6.24. The van der Waals surface area contributed by atoms with Gasteiger partial charge in [-0.2, -0.15) is 0 Å². The minimum absolute atomic E-state index is 0.165. The third-order valence-electron chi connectivity index (χ3n) is 5.71. The molecular formula is C23H24N2O3. The van der Waals surface area contributed by atoms with Gasteiger partial charge in [0.25, 0.3) is 5.91 Å². The van der Waals surface area contributed by atoms with Crippen molar-refractivity contribution in [2.24, 2.45) is 11.8 Å². The summed E-state index contributed by atoms with van der Waals surface area (Å²) in [6.45, 7) is 3.94. The molecule has 2 aliphatic rings.